The molecule has 1 saturated heterocycles. The van der Waals surface area contributed by atoms with E-state index in [0.717, 1.165) is 38.4 Å². The van der Waals surface area contributed by atoms with Gasteiger partial charge in [-0.3, -0.25) is 9.69 Å². The minimum atomic E-state index is -0.0612. The maximum absolute atomic E-state index is 11.7. The number of aromatic nitrogens is 3. The van der Waals surface area contributed by atoms with E-state index in [1.54, 1.807) is 30.6 Å². The Balaban J connectivity index is 1.57. The molecule has 0 radical (unpaired) electrons. The van der Waals surface area contributed by atoms with Crippen LogP contribution in [0.4, 0.5) is 5.69 Å². The van der Waals surface area contributed by atoms with Gasteiger partial charge in [0.2, 0.25) is 0 Å². The van der Waals surface area contributed by atoms with Gasteiger partial charge in [-0.05, 0) is 5.92 Å². The largest absolute Gasteiger partial charge is 0.368 e. The minimum absolute atomic E-state index is 0.0612. The van der Waals surface area contributed by atoms with Gasteiger partial charge < -0.3 is 4.90 Å². The topological polar surface area (TPSA) is 54.3 Å². The van der Waals surface area contributed by atoms with E-state index < -0.39 is 0 Å². The molecule has 2 aromatic heterocycles. The van der Waals surface area contributed by atoms with E-state index in [4.69, 9.17) is 4.98 Å². The molecule has 1 fully saturated rings. The first-order chi connectivity index (χ1) is 11.0. The van der Waals surface area contributed by atoms with Gasteiger partial charge in [-0.1, -0.05) is 13.8 Å². The third-order valence-electron chi connectivity index (χ3n) is 4.21. The van der Waals surface area contributed by atoms with Crippen LogP contribution in [0.5, 0.6) is 0 Å². The molecule has 0 aliphatic carbocycles. The third kappa shape index (κ3) is 3.79. The van der Waals surface area contributed by atoms with E-state index in [1.165, 1.54) is 15.4 Å². The van der Waals surface area contributed by atoms with Crippen LogP contribution in [0.25, 0.3) is 0 Å². The summed E-state index contributed by atoms with van der Waals surface area (Å²) in [5.74, 6) is 0.491. The van der Waals surface area contributed by atoms with E-state index >= 15 is 0 Å². The van der Waals surface area contributed by atoms with Crippen LogP contribution in [-0.2, 0) is 13.6 Å². The van der Waals surface area contributed by atoms with Crippen molar-refractivity contribution in [3.05, 3.63) is 38.7 Å². The van der Waals surface area contributed by atoms with Crippen LogP contribution in [0.15, 0.2) is 22.4 Å². The summed E-state index contributed by atoms with van der Waals surface area (Å²) >= 11 is 1.75. The summed E-state index contributed by atoms with van der Waals surface area (Å²) in [4.78, 5) is 21.1. The molecule has 0 unspecified atom stereocenters. The Kier molecular flexibility index (Phi) is 4.77. The zero-order chi connectivity index (χ0) is 16.4. The van der Waals surface area contributed by atoms with Crippen LogP contribution in [0.3, 0.4) is 0 Å². The molecule has 1 aliphatic rings. The van der Waals surface area contributed by atoms with Gasteiger partial charge in [-0.2, -0.15) is 5.10 Å². The number of rotatable bonds is 4. The van der Waals surface area contributed by atoms with Gasteiger partial charge in [0.25, 0.3) is 5.56 Å². The summed E-state index contributed by atoms with van der Waals surface area (Å²) in [5.41, 5.74) is 2.05. The summed E-state index contributed by atoms with van der Waals surface area (Å²) in [7, 11) is 1.67. The number of aryl methyl sites for hydroxylation is 1. The van der Waals surface area contributed by atoms with Crippen LogP contribution >= 0.6 is 11.3 Å². The number of anilines is 1. The van der Waals surface area contributed by atoms with Crippen molar-refractivity contribution < 1.29 is 0 Å². The first-order valence-corrected chi connectivity index (χ1v) is 8.86. The summed E-state index contributed by atoms with van der Waals surface area (Å²) in [5, 5.41) is 7.46. The van der Waals surface area contributed by atoms with Crippen LogP contribution in [0, 0.1) is 0 Å². The van der Waals surface area contributed by atoms with Crippen LogP contribution in [-0.4, -0.2) is 45.8 Å². The highest BCUT2D eigenvalue weighted by atomic mass is 32.1. The lowest BCUT2D eigenvalue weighted by Gasteiger charge is -2.35. The molecule has 0 atom stereocenters. The van der Waals surface area contributed by atoms with Crippen LogP contribution in [0.1, 0.15) is 30.5 Å². The molecule has 0 amide bonds. The van der Waals surface area contributed by atoms with Gasteiger partial charge in [-0.25, -0.2) is 9.67 Å². The fourth-order valence-electron chi connectivity index (χ4n) is 2.65. The third-order valence-corrected chi connectivity index (χ3v) is 5.06. The molecular weight excluding hydrogens is 310 g/mol. The lowest BCUT2D eigenvalue weighted by atomic mass is 10.2. The molecule has 23 heavy (non-hydrogen) atoms. The Morgan fingerprint density at radius 1 is 1.26 bits per heavy atom. The Morgan fingerprint density at radius 2 is 2.00 bits per heavy atom. The molecule has 0 aromatic carbocycles. The Bertz CT molecular complexity index is 715. The van der Waals surface area contributed by atoms with Gasteiger partial charge in [0.15, 0.2) is 0 Å². The molecule has 2 aromatic rings. The van der Waals surface area contributed by atoms with Crippen molar-refractivity contribution in [2.45, 2.75) is 26.3 Å². The number of hydrogen-bond donors (Lipinski definition) is 0. The van der Waals surface area contributed by atoms with E-state index in [1.807, 2.05) is 0 Å². The molecule has 7 heteroatoms. The molecule has 3 rings (SSSR count). The highest BCUT2D eigenvalue weighted by Crippen LogP contribution is 2.20. The number of piperazine rings is 1. The average molecular weight is 333 g/mol. The molecule has 0 spiro atoms. The summed E-state index contributed by atoms with van der Waals surface area (Å²) in [6.45, 7) is 9.05. The molecule has 0 bridgehead atoms. The van der Waals surface area contributed by atoms with Gasteiger partial charge in [0.05, 0.1) is 24.1 Å². The Hall–Kier alpha value is -1.73. The summed E-state index contributed by atoms with van der Waals surface area (Å²) < 4.78 is 1.36. The Labute approximate surface area is 140 Å². The van der Waals surface area contributed by atoms with Crippen molar-refractivity contribution in [3.63, 3.8) is 0 Å². The minimum Gasteiger partial charge on any atom is -0.368 e. The van der Waals surface area contributed by atoms with Crippen molar-refractivity contribution in [3.8, 4) is 0 Å². The van der Waals surface area contributed by atoms with E-state index in [2.05, 4.69) is 34.1 Å². The molecule has 1 aliphatic heterocycles. The van der Waals surface area contributed by atoms with Crippen molar-refractivity contribution in [1.82, 2.24) is 19.7 Å². The SMILES string of the molecule is CC(C)c1csc(CN2CCN(c3cnn(C)c(=O)c3)CC2)n1. The van der Waals surface area contributed by atoms with Crippen molar-refractivity contribution in [2.75, 3.05) is 31.1 Å². The molecule has 3 heterocycles. The number of nitrogens with zero attached hydrogens (tertiary/aromatic N) is 5. The van der Waals surface area contributed by atoms with Crippen molar-refractivity contribution >= 4 is 17.0 Å². The smallest absolute Gasteiger partial charge is 0.268 e. The van der Waals surface area contributed by atoms with E-state index in [9.17, 15) is 4.79 Å². The molecule has 6 nitrogen and oxygen atoms in total. The molecule has 0 saturated carbocycles. The molecular formula is C16H23N5OS. The second-order valence-electron chi connectivity index (χ2n) is 6.26. The summed E-state index contributed by atoms with van der Waals surface area (Å²) in [6, 6.07) is 1.67. The average Bonchev–Trinajstić information content (AvgIpc) is 3.00. The zero-order valence-corrected chi connectivity index (χ0v) is 14.7. The zero-order valence-electron chi connectivity index (χ0n) is 13.9. The van der Waals surface area contributed by atoms with Gasteiger partial charge in [0.1, 0.15) is 5.01 Å². The number of thiazole rings is 1. The first kappa shape index (κ1) is 16.1. The fraction of sp³-hybridized carbons (Fsp3) is 0.562. The van der Waals surface area contributed by atoms with E-state index in [0.29, 0.717) is 5.92 Å². The fourth-order valence-corrected chi connectivity index (χ4v) is 3.65. The normalized spacial score (nSPS) is 16.3. The quantitative estimate of drug-likeness (QED) is 0.852. The highest BCUT2D eigenvalue weighted by molar-refractivity contribution is 7.09. The number of hydrogen-bond acceptors (Lipinski definition) is 6. The van der Waals surface area contributed by atoms with Gasteiger partial charge in [0, 0.05) is 44.7 Å². The highest BCUT2D eigenvalue weighted by Gasteiger charge is 2.19. The maximum atomic E-state index is 11.7. The summed E-state index contributed by atoms with van der Waals surface area (Å²) in [6.07, 6.45) is 1.77. The monoisotopic (exact) mass is 333 g/mol. The van der Waals surface area contributed by atoms with Crippen LogP contribution < -0.4 is 10.5 Å². The predicted molar refractivity (Wildman–Crippen MR) is 93.2 cm³/mol. The lowest BCUT2D eigenvalue weighted by Crippen LogP contribution is -2.46. The van der Waals surface area contributed by atoms with Gasteiger partial charge >= 0.3 is 0 Å². The standard InChI is InChI=1S/C16H23N5OS/c1-12(2)14-11-23-15(18-14)10-20-4-6-21(7-5-20)13-8-16(22)19(3)17-9-13/h8-9,11-12H,4-7,10H2,1-3H3. The molecule has 124 valence electrons. The predicted octanol–water partition coefficient (Wildman–Crippen LogP) is 1.68. The van der Waals surface area contributed by atoms with Crippen molar-refractivity contribution in [2.24, 2.45) is 7.05 Å². The second-order valence-corrected chi connectivity index (χ2v) is 7.20. The second kappa shape index (κ2) is 6.80. The first-order valence-electron chi connectivity index (χ1n) is 7.98. The Morgan fingerprint density at radius 3 is 2.61 bits per heavy atom. The van der Waals surface area contributed by atoms with E-state index in [-0.39, 0.29) is 5.56 Å². The van der Waals surface area contributed by atoms with Crippen LogP contribution in [0.2, 0.25) is 0 Å². The maximum Gasteiger partial charge on any atom is 0.268 e. The molecule has 0 N–H and O–H groups in total. The lowest BCUT2D eigenvalue weighted by molar-refractivity contribution is 0.249. The van der Waals surface area contributed by atoms with Gasteiger partial charge in [-0.15, -0.1) is 11.3 Å². The van der Waals surface area contributed by atoms with Crippen molar-refractivity contribution in [1.29, 1.82) is 0 Å².